The normalized spacial score (nSPS) is 20.8. The van der Waals surface area contributed by atoms with Crippen LogP contribution in [0.25, 0.3) is 11.0 Å². The fourth-order valence-electron chi connectivity index (χ4n) is 2.94. The number of nitrogens with zero attached hydrogens (tertiary/aromatic N) is 3. The number of hydrogen-bond donors (Lipinski definition) is 1. The van der Waals surface area contributed by atoms with Gasteiger partial charge in [-0.1, -0.05) is 12.8 Å². The van der Waals surface area contributed by atoms with E-state index in [9.17, 15) is 4.79 Å². The van der Waals surface area contributed by atoms with Crippen LogP contribution in [0.4, 0.5) is 0 Å². The van der Waals surface area contributed by atoms with Gasteiger partial charge < -0.3 is 4.98 Å². The lowest BCUT2D eigenvalue weighted by atomic mass is 9.96. The van der Waals surface area contributed by atoms with Crippen molar-refractivity contribution >= 4 is 16.9 Å². The highest BCUT2D eigenvalue weighted by Gasteiger charge is 2.42. The van der Waals surface area contributed by atoms with Crippen LogP contribution in [0.1, 0.15) is 25.7 Å². The van der Waals surface area contributed by atoms with Crippen molar-refractivity contribution in [1.29, 1.82) is 0 Å². The number of rotatable bonds is 0. The molecule has 1 aliphatic carbocycles. The van der Waals surface area contributed by atoms with E-state index < -0.39 is 5.54 Å². The zero-order valence-corrected chi connectivity index (χ0v) is 9.81. The summed E-state index contributed by atoms with van der Waals surface area (Å²) in [6, 6.07) is 1.94. The second-order valence-electron chi connectivity index (χ2n) is 5.00. The number of carbonyl (C=O) groups is 1. The molecule has 0 saturated heterocycles. The fraction of sp³-hybridized carbons (Fsp3) is 0.385. The highest BCUT2D eigenvalue weighted by atomic mass is 16.2. The van der Waals surface area contributed by atoms with Gasteiger partial charge in [0.25, 0.3) is 5.91 Å². The van der Waals surface area contributed by atoms with Gasteiger partial charge in [0.05, 0.1) is 11.6 Å². The Morgan fingerprint density at radius 3 is 2.94 bits per heavy atom. The zero-order valence-electron chi connectivity index (χ0n) is 9.81. The summed E-state index contributed by atoms with van der Waals surface area (Å²) < 4.78 is 0. The third-order valence-electron chi connectivity index (χ3n) is 3.92. The van der Waals surface area contributed by atoms with Crippen molar-refractivity contribution in [2.45, 2.75) is 31.2 Å². The first-order chi connectivity index (χ1) is 8.78. The van der Waals surface area contributed by atoms with E-state index in [1.807, 2.05) is 12.3 Å². The summed E-state index contributed by atoms with van der Waals surface area (Å²) in [4.78, 5) is 28.4. The first-order valence-corrected chi connectivity index (χ1v) is 6.24. The summed E-state index contributed by atoms with van der Waals surface area (Å²) in [5, 5.41) is 2.38. The maximum Gasteiger partial charge on any atom is 0.274 e. The molecular formula is C13H12N4O. The number of carbonyl (C=O) groups excluding carboxylic acids is 1. The number of hydrogen-bond acceptors (Lipinski definition) is 3. The first-order valence-electron chi connectivity index (χ1n) is 6.24. The van der Waals surface area contributed by atoms with Crippen molar-refractivity contribution in [3.05, 3.63) is 29.2 Å². The van der Waals surface area contributed by atoms with E-state index in [1.54, 1.807) is 6.20 Å². The SMILES string of the molecule is O=C1N=c2cnc3[nH]ccc3c2=NC12CCCC2. The molecule has 0 unspecified atom stereocenters. The summed E-state index contributed by atoms with van der Waals surface area (Å²) in [6.07, 6.45) is 7.22. The van der Waals surface area contributed by atoms with E-state index in [0.29, 0.717) is 5.36 Å². The molecule has 18 heavy (non-hydrogen) atoms. The third kappa shape index (κ3) is 1.16. The summed E-state index contributed by atoms with van der Waals surface area (Å²) in [5.74, 6) is -0.0933. The molecule has 0 radical (unpaired) electrons. The van der Waals surface area contributed by atoms with Crippen molar-refractivity contribution in [2.75, 3.05) is 0 Å². The molecule has 1 fully saturated rings. The molecule has 90 valence electrons. The molecule has 2 aliphatic rings. The van der Waals surface area contributed by atoms with Gasteiger partial charge in [-0.3, -0.25) is 9.79 Å². The molecular weight excluding hydrogens is 228 g/mol. The molecule has 1 aliphatic heterocycles. The van der Waals surface area contributed by atoms with Crippen LogP contribution in [-0.4, -0.2) is 21.4 Å². The number of H-pyrrole nitrogens is 1. The molecule has 0 atom stereocenters. The van der Waals surface area contributed by atoms with Crippen LogP contribution in [0.2, 0.25) is 0 Å². The molecule has 3 heterocycles. The minimum absolute atomic E-state index is 0.0933. The Balaban J connectivity index is 2.13. The molecule has 0 aromatic carbocycles. The number of aromatic nitrogens is 2. The number of pyridine rings is 1. The predicted octanol–water partition coefficient (Wildman–Crippen LogP) is 0.655. The van der Waals surface area contributed by atoms with Crippen LogP contribution in [0.5, 0.6) is 0 Å². The lowest BCUT2D eigenvalue weighted by Gasteiger charge is -2.22. The molecule has 1 N–H and O–H groups in total. The van der Waals surface area contributed by atoms with Gasteiger partial charge >= 0.3 is 0 Å². The van der Waals surface area contributed by atoms with Crippen molar-refractivity contribution in [3.8, 4) is 0 Å². The molecule has 0 bridgehead atoms. The van der Waals surface area contributed by atoms with Crippen molar-refractivity contribution in [2.24, 2.45) is 9.98 Å². The van der Waals surface area contributed by atoms with Crippen LogP contribution < -0.4 is 10.7 Å². The second kappa shape index (κ2) is 3.25. The summed E-state index contributed by atoms with van der Waals surface area (Å²) in [5.41, 5.74) is 0.216. The largest absolute Gasteiger partial charge is 0.346 e. The van der Waals surface area contributed by atoms with Gasteiger partial charge in [-0.05, 0) is 18.9 Å². The Kier molecular flexibility index (Phi) is 1.79. The number of nitrogens with one attached hydrogen (secondary N) is 1. The van der Waals surface area contributed by atoms with E-state index in [4.69, 9.17) is 4.99 Å². The van der Waals surface area contributed by atoms with Crippen molar-refractivity contribution in [1.82, 2.24) is 9.97 Å². The van der Waals surface area contributed by atoms with Crippen LogP contribution in [0.3, 0.4) is 0 Å². The fourth-order valence-corrected chi connectivity index (χ4v) is 2.94. The molecule has 1 saturated carbocycles. The van der Waals surface area contributed by atoms with E-state index in [2.05, 4.69) is 15.0 Å². The third-order valence-corrected chi connectivity index (χ3v) is 3.92. The Labute approximate surface area is 103 Å². The number of fused-ring (bicyclic) bond motifs is 3. The minimum atomic E-state index is -0.585. The van der Waals surface area contributed by atoms with Crippen LogP contribution >= 0.6 is 0 Å². The lowest BCUT2D eigenvalue weighted by Crippen LogP contribution is -2.44. The van der Waals surface area contributed by atoms with Crippen molar-refractivity contribution < 1.29 is 4.79 Å². The van der Waals surface area contributed by atoms with E-state index >= 15 is 0 Å². The maximum absolute atomic E-state index is 12.2. The Bertz CT molecular complexity index is 768. The first kappa shape index (κ1) is 9.94. The van der Waals surface area contributed by atoms with Gasteiger partial charge in [-0.15, -0.1) is 0 Å². The second-order valence-corrected chi connectivity index (χ2v) is 5.00. The number of aromatic amines is 1. The minimum Gasteiger partial charge on any atom is -0.346 e. The smallest absolute Gasteiger partial charge is 0.274 e. The van der Waals surface area contributed by atoms with Crippen LogP contribution in [0, 0.1) is 0 Å². The van der Waals surface area contributed by atoms with Gasteiger partial charge in [0.15, 0.2) is 0 Å². The van der Waals surface area contributed by atoms with Gasteiger partial charge in [0, 0.05) is 11.6 Å². The summed E-state index contributed by atoms with van der Waals surface area (Å²) in [6.45, 7) is 0. The molecule has 5 heteroatoms. The maximum atomic E-state index is 12.2. The lowest BCUT2D eigenvalue weighted by molar-refractivity contribution is -0.123. The van der Waals surface area contributed by atoms with Crippen LogP contribution in [-0.2, 0) is 4.79 Å². The van der Waals surface area contributed by atoms with Gasteiger partial charge in [0.1, 0.15) is 16.5 Å². The molecule has 2 aromatic heterocycles. The van der Waals surface area contributed by atoms with E-state index in [0.717, 1.165) is 42.1 Å². The monoisotopic (exact) mass is 240 g/mol. The standard InChI is InChI=1S/C13H12N4O/c18-12-13(4-1-2-5-13)17-10-8-3-6-14-11(8)15-7-9(10)16-12/h3,6-7,14H,1-2,4-5H2. The Hall–Kier alpha value is -2.04. The summed E-state index contributed by atoms with van der Waals surface area (Å²) >= 11 is 0. The highest BCUT2D eigenvalue weighted by Crippen LogP contribution is 2.34. The van der Waals surface area contributed by atoms with Gasteiger partial charge in [-0.2, -0.15) is 0 Å². The van der Waals surface area contributed by atoms with E-state index in [-0.39, 0.29) is 5.91 Å². The summed E-state index contributed by atoms with van der Waals surface area (Å²) in [7, 11) is 0. The molecule has 1 amide bonds. The molecule has 2 aromatic rings. The Morgan fingerprint density at radius 2 is 2.11 bits per heavy atom. The highest BCUT2D eigenvalue weighted by molar-refractivity contribution is 5.89. The van der Waals surface area contributed by atoms with Gasteiger partial charge in [0.2, 0.25) is 0 Å². The zero-order chi connectivity index (χ0) is 12.2. The quantitative estimate of drug-likeness (QED) is 0.734. The Morgan fingerprint density at radius 1 is 1.28 bits per heavy atom. The van der Waals surface area contributed by atoms with Crippen LogP contribution in [0.15, 0.2) is 28.4 Å². The predicted molar refractivity (Wildman–Crippen MR) is 64.6 cm³/mol. The molecule has 5 nitrogen and oxygen atoms in total. The average Bonchev–Trinajstić information content (AvgIpc) is 3.00. The molecule has 1 spiro atoms. The van der Waals surface area contributed by atoms with E-state index in [1.165, 1.54) is 0 Å². The molecule has 4 rings (SSSR count). The topological polar surface area (TPSA) is 70.5 Å². The number of amides is 1. The average molecular weight is 240 g/mol. The van der Waals surface area contributed by atoms with Crippen molar-refractivity contribution in [3.63, 3.8) is 0 Å². The van der Waals surface area contributed by atoms with Gasteiger partial charge in [-0.25, -0.2) is 9.98 Å².